The molecule has 0 amide bonds. The average molecular weight is 280 g/mol. The zero-order chi connectivity index (χ0) is 14.5. The van der Waals surface area contributed by atoms with Crippen LogP contribution in [-0.2, 0) is 0 Å². The van der Waals surface area contributed by atoms with Gasteiger partial charge in [-0.25, -0.2) is 13.8 Å². The Kier molecular flexibility index (Phi) is 4.71. The number of halogens is 2. The lowest BCUT2D eigenvalue weighted by Crippen LogP contribution is -2.02. The summed E-state index contributed by atoms with van der Waals surface area (Å²) in [6, 6.07) is 6.72. The van der Waals surface area contributed by atoms with Gasteiger partial charge in [0.1, 0.15) is 11.4 Å². The highest BCUT2D eigenvalue weighted by Gasteiger charge is 2.13. The van der Waals surface area contributed by atoms with Crippen molar-refractivity contribution in [3.05, 3.63) is 30.0 Å². The monoisotopic (exact) mass is 280 g/mol. The predicted molar refractivity (Wildman–Crippen MR) is 76.6 cm³/mol. The fourth-order valence-corrected chi connectivity index (χ4v) is 1.98. The van der Waals surface area contributed by atoms with Crippen molar-refractivity contribution in [1.29, 1.82) is 0 Å². The summed E-state index contributed by atoms with van der Waals surface area (Å²) in [5, 5.41) is 3.90. The molecule has 5 heteroatoms. The molecule has 2 rings (SSSR count). The first-order chi connectivity index (χ1) is 9.65. The fourth-order valence-electron chi connectivity index (χ4n) is 1.98. The number of nitrogens with zero attached hydrogens (tertiary/aromatic N) is 1. The molecular formula is C15H18F2N2O. The van der Waals surface area contributed by atoms with Gasteiger partial charge in [0, 0.05) is 17.6 Å². The van der Waals surface area contributed by atoms with Crippen LogP contribution in [0, 0.1) is 0 Å². The highest BCUT2D eigenvalue weighted by atomic mass is 19.3. The number of hydrogen-bond donors (Lipinski definition) is 1. The van der Waals surface area contributed by atoms with Crippen LogP contribution in [0.2, 0.25) is 0 Å². The van der Waals surface area contributed by atoms with Crippen molar-refractivity contribution in [3.8, 4) is 5.75 Å². The van der Waals surface area contributed by atoms with Crippen LogP contribution in [0.3, 0.4) is 0 Å². The van der Waals surface area contributed by atoms with Crippen molar-refractivity contribution in [2.24, 2.45) is 0 Å². The molecule has 1 N–H and O–H groups in total. The lowest BCUT2D eigenvalue weighted by molar-refractivity contribution is 0.146. The first-order valence-corrected chi connectivity index (χ1v) is 6.75. The molecule has 0 unspecified atom stereocenters. The fraction of sp³-hybridized carbons (Fsp3) is 0.400. The molecule has 0 aliphatic carbocycles. The number of anilines is 1. The molecule has 1 heterocycles. The Hall–Kier alpha value is -1.91. The normalized spacial score (nSPS) is 11.1. The van der Waals surface area contributed by atoms with Gasteiger partial charge in [-0.2, -0.15) is 0 Å². The standard InChI is InChI=1S/C15H18F2N2O/c1-3-7-20-10-5-6-12-11(8-10)13(18-4-2)9-14(19-12)15(16)17/h5-6,8-9,15H,3-4,7H2,1-2H3,(H,18,19). The quantitative estimate of drug-likeness (QED) is 0.852. The number of rotatable bonds is 6. The zero-order valence-electron chi connectivity index (χ0n) is 11.6. The Morgan fingerprint density at radius 2 is 2.05 bits per heavy atom. The van der Waals surface area contributed by atoms with Gasteiger partial charge in [-0.15, -0.1) is 0 Å². The summed E-state index contributed by atoms with van der Waals surface area (Å²) in [6.07, 6.45) is -1.66. The third-order valence-electron chi connectivity index (χ3n) is 2.86. The lowest BCUT2D eigenvalue weighted by Gasteiger charge is -2.12. The zero-order valence-corrected chi connectivity index (χ0v) is 11.6. The Morgan fingerprint density at radius 3 is 2.70 bits per heavy atom. The maximum absolute atomic E-state index is 12.8. The van der Waals surface area contributed by atoms with Crippen molar-refractivity contribution >= 4 is 16.6 Å². The van der Waals surface area contributed by atoms with Crippen LogP contribution in [0.5, 0.6) is 5.75 Å². The summed E-state index contributed by atoms with van der Waals surface area (Å²) in [5.74, 6) is 0.727. The van der Waals surface area contributed by atoms with E-state index >= 15 is 0 Å². The van der Waals surface area contributed by atoms with E-state index in [2.05, 4.69) is 10.3 Å². The minimum atomic E-state index is -2.58. The predicted octanol–water partition coefficient (Wildman–Crippen LogP) is 4.39. The van der Waals surface area contributed by atoms with E-state index < -0.39 is 6.43 Å². The summed E-state index contributed by atoms with van der Waals surface area (Å²) in [7, 11) is 0. The minimum absolute atomic E-state index is 0.212. The second kappa shape index (κ2) is 6.50. The molecule has 1 aromatic carbocycles. The van der Waals surface area contributed by atoms with Crippen LogP contribution in [0.15, 0.2) is 24.3 Å². The summed E-state index contributed by atoms with van der Waals surface area (Å²) in [4.78, 5) is 3.99. The number of pyridine rings is 1. The van der Waals surface area contributed by atoms with Crippen LogP contribution < -0.4 is 10.1 Å². The molecule has 0 aliphatic heterocycles. The van der Waals surface area contributed by atoms with Crippen LogP contribution >= 0.6 is 0 Å². The second-order valence-electron chi connectivity index (χ2n) is 4.45. The topological polar surface area (TPSA) is 34.1 Å². The SMILES string of the molecule is CCCOc1ccc2nc(C(F)F)cc(NCC)c2c1. The molecular weight excluding hydrogens is 262 g/mol. The molecule has 108 valence electrons. The highest BCUT2D eigenvalue weighted by molar-refractivity contribution is 5.92. The third-order valence-corrected chi connectivity index (χ3v) is 2.86. The van der Waals surface area contributed by atoms with Crippen molar-refractivity contribution in [2.75, 3.05) is 18.5 Å². The van der Waals surface area contributed by atoms with Crippen LogP contribution in [0.4, 0.5) is 14.5 Å². The van der Waals surface area contributed by atoms with E-state index in [9.17, 15) is 8.78 Å². The van der Waals surface area contributed by atoms with E-state index in [0.29, 0.717) is 24.4 Å². The van der Waals surface area contributed by atoms with Gasteiger partial charge in [0.25, 0.3) is 6.43 Å². The molecule has 0 fully saturated rings. The van der Waals surface area contributed by atoms with Crippen LogP contribution in [-0.4, -0.2) is 18.1 Å². The third kappa shape index (κ3) is 3.15. The molecule has 0 radical (unpaired) electrons. The van der Waals surface area contributed by atoms with Crippen molar-refractivity contribution in [2.45, 2.75) is 26.7 Å². The van der Waals surface area contributed by atoms with Gasteiger partial charge in [-0.05, 0) is 37.6 Å². The molecule has 0 saturated carbocycles. The maximum Gasteiger partial charge on any atom is 0.280 e. The van der Waals surface area contributed by atoms with E-state index in [1.54, 1.807) is 12.1 Å². The molecule has 0 atom stereocenters. The number of hydrogen-bond acceptors (Lipinski definition) is 3. The second-order valence-corrected chi connectivity index (χ2v) is 4.45. The van der Waals surface area contributed by atoms with E-state index in [4.69, 9.17) is 4.74 Å². The molecule has 2 aromatic rings. The first-order valence-electron chi connectivity index (χ1n) is 6.75. The van der Waals surface area contributed by atoms with Crippen molar-refractivity contribution in [3.63, 3.8) is 0 Å². The Bertz CT molecular complexity index is 587. The van der Waals surface area contributed by atoms with Gasteiger partial charge in [-0.1, -0.05) is 6.92 Å². The Balaban J connectivity index is 2.49. The van der Waals surface area contributed by atoms with Gasteiger partial charge in [0.15, 0.2) is 0 Å². The van der Waals surface area contributed by atoms with E-state index in [1.807, 2.05) is 19.9 Å². The first kappa shape index (κ1) is 14.5. The largest absolute Gasteiger partial charge is 0.494 e. The molecule has 20 heavy (non-hydrogen) atoms. The van der Waals surface area contributed by atoms with Gasteiger partial charge >= 0.3 is 0 Å². The smallest absolute Gasteiger partial charge is 0.280 e. The van der Waals surface area contributed by atoms with Gasteiger partial charge < -0.3 is 10.1 Å². The molecule has 1 aromatic heterocycles. The van der Waals surface area contributed by atoms with Crippen molar-refractivity contribution < 1.29 is 13.5 Å². The molecule has 0 spiro atoms. The van der Waals surface area contributed by atoms with E-state index in [0.717, 1.165) is 17.6 Å². The van der Waals surface area contributed by atoms with Crippen molar-refractivity contribution in [1.82, 2.24) is 4.98 Å². The van der Waals surface area contributed by atoms with Crippen LogP contribution in [0.25, 0.3) is 10.9 Å². The number of alkyl halides is 2. The highest BCUT2D eigenvalue weighted by Crippen LogP contribution is 2.30. The molecule has 0 aliphatic rings. The molecule has 0 saturated heterocycles. The maximum atomic E-state index is 12.8. The number of benzene rings is 1. The minimum Gasteiger partial charge on any atom is -0.494 e. The number of ether oxygens (including phenoxy) is 1. The molecule has 3 nitrogen and oxygen atoms in total. The summed E-state index contributed by atoms with van der Waals surface area (Å²) in [5.41, 5.74) is 0.994. The van der Waals surface area contributed by atoms with Gasteiger partial charge in [0.2, 0.25) is 0 Å². The number of nitrogens with one attached hydrogen (secondary N) is 1. The number of aromatic nitrogens is 1. The summed E-state index contributed by atoms with van der Waals surface area (Å²) >= 11 is 0. The lowest BCUT2D eigenvalue weighted by atomic mass is 10.1. The summed E-state index contributed by atoms with van der Waals surface area (Å²) < 4.78 is 31.3. The molecule has 0 bridgehead atoms. The van der Waals surface area contributed by atoms with E-state index in [1.165, 1.54) is 6.07 Å². The Morgan fingerprint density at radius 1 is 1.25 bits per heavy atom. The average Bonchev–Trinajstić information content (AvgIpc) is 2.45. The van der Waals surface area contributed by atoms with Crippen LogP contribution in [0.1, 0.15) is 32.4 Å². The Labute approximate surface area is 117 Å². The van der Waals surface area contributed by atoms with E-state index in [-0.39, 0.29) is 5.69 Å². The van der Waals surface area contributed by atoms with Gasteiger partial charge in [0.05, 0.1) is 12.1 Å². The summed E-state index contributed by atoms with van der Waals surface area (Å²) in [6.45, 7) is 5.24. The van der Waals surface area contributed by atoms with Gasteiger partial charge in [-0.3, -0.25) is 0 Å². The number of fused-ring (bicyclic) bond motifs is 1.